The van der Waals surface area contributed by atoms with Gasteiger partial charge in [-0.15, -0.1) is 0 Å². The van der Waals surface area contributed by atoms with Crippen LogP contribution in [0.25, 0.3) is 0 Å². The minimum atomic E-state index is -0.629. The molecule has 22 heavy (non-hydrogen) atoms. The van der Waals surface area contributed by atoms with E-state index in [1.54, 1.807) is 0 Å². The van der Waals surface area contributed by atoms with E-state index in [2.05, 4.69) is 0 Å². The minimum absolute atomic E-state index is 0.147. The van der Waals surface area contributed by atoms with Crippen molar-refractivity contribution in [3.8, 4) is 0 Å². The lowest BCUT2D eigenvalue weighted by molar-refractivity contribution is -0.384. The number of nitrogens with zero attached hydrogens (tertiary/aromatic N) is 2. The van der Waals surface area contributed by atoms with Crippen LogP contribution in [-0.2, 0) is 9.53 Å². The van der Waals surface area contributed by atoms with Crippen molar-refractivity contribution in [1.82, 2.24) is 0 Å². The third kappa shape index (κ3) is 3.16. The Morgan fingerprint density at radius 1 is 1.36 bits per heavy atom. The van der Waals surface area contributed by atoms with Crippen LogP contribution in [0.4, 0.5) is 11.4 Å². The number of nitro groups is 1. The molecular weight excluding hydrogens is 290 g/mol. The number of rotatable bonds is 4. The molecule has 1 aliphatic heterocycles. The highest BCUT2D eigenvalue weighted by molar-refractivity contribution is 5.96. The molecule has 0 radical (unpaired) electrons. The quantitative estimate of drug-likeness (QED) is 0.505. The summed E-state index contributed by atoms with van der Waals surface area (Å²) in [4.78, 5) is 35.3. The van der Waals surface area contributed by atoms with Crippen LogP contribution < -0.4 is 10.6 Å². The third-order valence-corrected chi connectivity index (χ3v) is 3.83. The van der Waals surface area contributed by atoms with E-state index in [1.165, 1.54) is 25.3 Å². The summed E-state index contributed by atoms with van der Waals surface area (Å²) in [5, 5.41) is 10.9. The van der Waals surface area contributed by atoms with Crippen LogP contribution in [0, 0.1) is 16.0 Å². The average Bonchev–Trinajstić information content (AvgIpc) is 2.53. The zero-order valence-corrected chi connectivity index (χ0v) is 12.2. The van der Waals surface area contributed by atoms with E-state index in [4.69, 9.17) is 10.5 Å². The molecule has 1 amide bonds. The van der Waals surface area contributed by atoms with Crippen molar-refractivity contribution in [2.24, 2.45) is 11.7 Å². The number of amides is 1. The lowest BCUT2D eigenvalue weighted by Crippen LogP contribution is -2.39. The number of hydrogen-bond donors (Lipinski definition) is 1. The Hall–Kier alpha value is -2.64. The van der Waals surface area contributed by atoms with Crippen LogP contribution in [0.15, 0.2) is 18.2 Å². The first kappa shape index (κ1) is 15.7. The number of anilines is 1. The van der Waals surface area contributed by atoms with Gasteiger partial charge >= 0.3 is 5.97 Å². The SMILES string of the molecule is COC(=O)c1cc([N+](=O)[O-])ccc1N1CCC(C(N)=O)CC1. The molecule has 0 atom stereocenters. The van der Waals surface area contributed by atoms with Gasteiger partial charge < -0.3 is 15.4 Å². The molecule has 0 aliphatic carbocycles. The van der Waals surface area contributed by atoms with Crippen LogP contribution in [0.2, 0.25) is 0 Å². The molecule has 1 saturated heterocycles. The maximum Gasteiger partial charge on any atom is 0.340 e. The molecule has 1 aliphatic rings. The highest BCUT2D eigenvalue weighted by Crippen LogP contribution is 2.29. The zero-order valence-electron chi connectivity index (χ0n) is 12.2. The van der Waals surface area contributed by atoms with Crippen LogP contribution in [0.1, 0.15) is 23.2 Å². The summed E-state index contributed by atoms with van der Waals surface area (Å²) in [5.41, 5.74) is 5.84. The molecular formula is C14H17N3O5. The van der Waals surface area contributed by atoms with Gasteiger partial charge in [0, 0.05) is 31.1 Å². The van der Waals surface area contributed by atoms with Crippen molar-refractivity contribution in [1.29, 1.82) is 0 Å². The van der Waals surface area contributed by atoms with E-state index in [1.807, 2.05) is 4.90 Å². The van der Waals surface area contributed by atoms with Crippen molar-refractivity contribution in [2.75, 3.05) is 25.1 Å². The number of primary amides is 1. The Balaban J connectivity index is 2.29. The topological polar surface area (TPSA) is 116 Å². The maximum absolute atomic E-state index is 11.9. The number of non-ortho nitro benzene ring substituents is 1. The predicted octanol–water partition coefficient (Wildman–Crippen LogP) is 1.08. The monoisotopic (exact) mass is 307 g/mol. The molecule has 1 fully saturated rings. The Kier molecular flexibility index (Phi) is 4.59. The van der Waals surface area contributed by atoms with Crippen LogP contribution in [0.5, 0.6) is 0 Å². The van der Waals surface area contributed by atoms with Crippen molar-refractivity contribution >= 4 is 23.3 Å². The Labute approximate surface area is 127 Å². The maximum atomic E-state index is 11.9. The summed E-state index contributed by atoms with van der Waals surface area (Å²) in [6.07, 6.45) is 1.18. The highest BCUT2D eigenvalue weighted by atomic mass is 16.6. The van der Waals surface area contributed by atoms with E-state index >= 15 is 0 Å². The average molecular weight is 307 g/mol. The number of esters is 1. The standard InChI is InChI=1S/C14H17N3O5/c1-22-14(19)11-8-10(17(20)21)2-3-12(11)16-6-4-9(5-7-16)13(15)18/h2-3,8-9H,4-7H2,1H3,(H2,15,18). The van der Waals surface area contributed by atoms with Gasteiger partial charge in [0.25, 0.3) is 5.69 Å². The zero-order chi connectivity index (χ0) is 16.3. The molecule has 2 rings (SSSR count). The fourth-order valence-electron chi connectivity index (χ4n) is 2.59. The molecule has 8 nitrogen and oxygen atoms in total. The predicted molar refractivity (Wildman–Crippen MR) is 78.6 cm³/mol. The first-order valence-corrected chi connectivity index (χ1v) is 6.85. The van der Waals surface area contributed by atoms with Gasteiger partial charge in [0.05, 0.1) is 23.3 Å². The van der Waals surface area contributed by atoms with Gasteiger partial charge in [0.2, 0.25) is 5.91 Å². The largest absolute Gasteiger partial charge is 0.465 e. The third-order valence-electron chi connectivity index (χ3n) is 3.83. The molecule has 1 aromatic carbocycles. The fourth-order valence-corrected chi connectivity index (χ4v) is 2.59. The molecule has 0 bridgehead atoms. The minimum Gasteiger partial charge on any atom is -0.465 e. The molecule has 8 heteroatoms. The number of benzene rings is 1. The summed E-state index contributed by atoms with van der Waals surface area (Å²) in [6, 6.07) is 4.10. The van der Waals surface area contributed by atoms with Crippen LogP contribution in [0.3, 0.4) is 0 Å². The number of methoxy groups -OCH3 is 1. The summed E-state index contributed by atoms with van der Waals surface area (Å²) >= 11 is 0. The highest BCUT2D eigenvalue weighted by Gasteiger charge is 2.27. The van der Waals surface area contributed by atoms with E-state index in [-0.39, 0.29) is 23.1 Å². The normalized spacial score (nSPS) is 15.4. The second-order valence-electron chi connectivity index (χ2n) is 5.11. The second-order valence-corrected chi connectivity index (χ2v) is 5.11. The van der Waals surface area contributed by atoms with Crippen molar-refractivity contribution < 1.29 is 19.2 Å². The summed E-state index contributed by atoms with van der Waals surface area (Å²) in [7, 11) is 1.23. The molecule has 118 valence electrons. The number of carbonyl (C=O) groups excluding carboxylic acids is 2. The van der Waals surface area contributed by atoms with Crippen molar-refractivity contribution in [2.45, 2.75) is 12.8 Å². The number of nitrogens with two attached hydrogens (primary N) is 1. The van der Waals surface area contributed by atoms with Gasteiger partial charge in [-0.3, -0.25) is 14.9 Å². The molecule has 0 spiro atoms. The molecule has 0 unspecified atom stereocenters. The van der Waals surface area contributed by atoms with E-state index in [0.29, 0.717) is 31.6 Å². The van der Waals surface area contributed by atoms with Gasteiger partial charge in [-0.1, -0.05) is 0 Å². The lowest BCUT2D eigenvalue weighted by atomic mass is 9.95. The van der Waals surface area contributed by atoms with Crippen LogP contribution in [-0.4, -0.2) is 37.0 Å². The Morgan fingerprint density at radius 3 is 2.50 bits per heavy atom. The smallest absolute Gasteiger partial charge is 0.340 e. The van der Waals surface area contributed by atoms with Gasteiger partial charge in [-0.05, 0) is 18.9 Å². The number of nitro benzene ring substituents is 1. The lowest BCUT2D eigenvalue weighted by Gasteiger charge is -2.33. The molecule has 0 saturated carbocycles. The summed E-state index contributed by atoms with van der Waals surface area (Å²) in [5.74, 6) is -1.12. The molecule has 0 aromatic heterocycles. The van der Waals surface area contributed by atoms with Gasteiger partial charge in [-0.2, -0.15) is 0 Å². The molecule has 1 aromatic rings. The first-order valence-electron chi connectivity index (χ1n) is 6.85. The number of carbonyl (C=O) groups is 2. The summed E-state index contributed by atoms with van der Waals surface area (Å²) in [6.45, 7) is 1.10. The molecule has 2 N–H and O–H groups in total. The molecule has 1 heterocycles. The van der Waals surface area contributed by atoms with Crippen LogP contribution >= 0.6 is 0 Å². The number of hydrogen-bond acceptors (Lipinski definition) is 6. The van der Waals surface area contributed by atoms with Crippen molar-refractivity contribution in [3.63, 3.8) is 0 Å². The Morgan fingerprint density at radius 2 is 2.00 bits per heavy atom. The van der Waals surface area contributed by atoms with E-state index in [9.17, 15) is 19.7 Å². The van der Waals surface area contributed by atoms with Gasteiger partial charge in [-0.25, -0.2) is 4.79 Å². The number of ether oxygens (including phenoxy) is 1. The number of piperidine rings is 1. The summed E-state index contributed by atoms with van der Waals surface area (Å²) < 4.78 is 4.70. The first-order chi connectivity index (χ1) is 10.4. The second kappa shape index (κ2) is 6.42. The van der Waals surface area contributed by atoms with Gasteiger partial charge in [0.1, 0.15) is 0 Å². The fraction of sp³-hybridized carbons (Fsp3) is 0.429. The van der Waals surface area contributed by atoms with E-state index < -0.39 is 10.9 Å². The van der Waals surface area contributed by atoms with Crippen molar-refractivity contribution in [3.05, 3.63) is 33.9 Å². The Bertz CT molecular complexity index is 608. The van der Waals surface area contributed by atoms with Gasteiger partial charge in [0.15, 0.2) is 0 Å². The van der Waals surface area contributed by atoms with E-state index in [0.717, 1.165) is 0 Å².